The molecule has 2 aliphatic heterocycles. The molecule has 10 nitrogen and oxygen atoms in total. The highest BCUT2D eigenvalue weighted by Gasteiger charge is 2.38. The van der Waals surface area contributed by atoms with Gasteiger partial charge in [-0.3, -0.25) is 23.9 Å². The lowest BCUT2D eigenvalue weighted by Gasteiger charge is -2.26. The molecule has 0 saturated heterocycles. The maximum absolute atomic E-state index is 14.3. The summed E-state index contributed by atoms with van der Waals surface area (Å²) in [4.78, 5) is 60.4. The zero-order valence-corrected chi connectivity index (χ0v) is 24.7. The highest BCUT2D eigenvalue weighted by atomic mass is 32.1. The first-order valence-electron chi connectivity index (χ1n) is 13.8. The molecule has 42 heavy (non-hydrogen) atoms. The number of hydrogen-bond acceptors (Lipinski definition) is 9. The number of benzene rings is 2. The number of aromatic nitrogens is 1. The fraction of sp³-hybridized carbons (Fsp3) is 0.323. The van der Waals surface area contributed by atoms with Crippen LogP contribution < -0.4 is 24.5 Å². The lowest BCUT2D eigenvalue weighted by atomic mass is 9.94. The summed E-state index contributed by atoms with van der Waals surface area (Å²) in [7, 11) is 1.54. The molecule has 0 radical (unpaired) electrons. The number of allylic oxidation sites excluding steroid dienone is 1. The van der Waals surface area contributed by atoms with E-state index in [1.807, 2.05) is 13.0 Å². The molecule has 5 rings (SSSR count). The average molecular weight is 590 g/mol. The molecular weight excluding hydrogens is 558 g/mol. The van der Waals surface area contributed by atoms with E-state index < -0.39 is 29.4 Å². The highest BCUT2D eigenvalue weighted by Crippen LogP contribution is 2.36. The van der Waals surface area contributed by atoms with Gasteiger partial charge in [0, 0.05) is 5.56 Å². The van der Waals surface area contributed by atoms with E-state index >= 15 is 0 Å². The van der Waals surface area contributed by atoms with Crippen LogP contribution in [-0.4, -0.2) is 49.3 Å². The van der Waals surface area contributed by atoms with Crippen molar-refractivity contribution in [3.05, 3.63) is 90.6 Å². The van der Waals surface area contributed by atoms with Gasteiger partial charge >= 0.3 is 11.9 Å². The highest BCUT2D eigenvalue weighted by molar-refractivity contribution is 7.07. The standard InChI is InChI=1S/C31H31N3O7S/c1-5-11-21-25(30(38)41-7-3)26(18-12-10-13-19(16-18)39-4)34-29(37)27(42-31(34)32-21)24-20-14-8-9-15-22(20)33(28(24)36)17-23(35)40-6-2/h8-10,12-16,26H,5-7,11,17H2,1-4H3/b27-24+/t26-/m0/s1. The van der Waals surface area contributed by atoms with Crippen molar-refractivity contribution in [1.82, 2.24) is 4.57 Å². The predicted octanol–water partition coefficient (Wildman–Crippen LogP) is 2.87. The molecular formula is C31H31N3O7S. The number of thiazole rings is 1. The topological polar surface area (TPSA) is 117 Å². The minimum absolute atomic E-state index is 0.155. The van der Waals surface area contributed by atoms with Crippen molar-refractivity contribution in [3.8, 4) is 5.75 Å². The van der Waals surface area contributed by atoms with E-state index in [4.69, 9.17) is 19.2 Å². The summed E-state index contributed by atoms with van der Waals surface area (Å²) in [5.41, 5.74) is 2.21. The van der Waals surface area contributed by atoms with E-state index in [0.29, 0.717) is 45.9 Å². The average Bonchev–Trinajstić information content (AvgIpc) is 3.45. The molecule has 0 saturated carbocycles. The SMILES string of the molecule is CCCC1=C(C(=O)OCC)[C@H](c2cccc(OC)c2)n2c(s/c(=C3/C(=O)N(CC(=O)OCC)c4ccccc43)c2=O)=N1. The summed E-state index contributed by atoms with van der Waals surface area (Å²) in [6, 6.07) is 13.3. The number of fused-ring (bicyclic) bond motifs is 2. The van der Waals surface area contributed by atoms with Gasteiger partial charge in [0.15, 0.2) is 4.80 Å². The molecule has 1 atom stereocenters. The van der Waals surface area contributed by atoms with Crippen LogP contribution in [0.5, 0.6) is 5.75 Å². The summed E-state index contributed by atoms with van der Waals surface area (Å²) in [5, 5.41) is 0. The number of amides is 1. The second kappa shape index (κ2) is 12.2. The molecule has 0 fully saturated rings. The summed E-state index contributed by atoms with van der Waals surface area (Å²) < 4.78 is 17.6. The van der Waals surface area contributed by atoms with E-state index in [9.17, 15) is 19.2 Å². The predicted molar refractivity (Wildman–Crippen MR) is 157 cm³/mol. The van der Waals surface area contributed by atoms with Crippen LogP contribution in [0.25, 0.3) is 5.57 Å². The van der Waals surface area contributed by atoms with Gasteiger partial charge in [-0.15, -0.1) is 0 Å². The van der Waals surface area contributed by atoms with Crippen molar-refractivity contribution in [2.75, 3.05) is 31.8 Å². The number of carbonyl (C=O) groups is 3. The Labute approximate surface area is 246 Å². The Morgan fingerprint density at radius 1 is 1.00 bits per heavy atom. The van der Waals surface area contributed by atoms with Gasteiger partial charge in [0.2, 0.25) is 0 Å². The number of rotatable bonds is 9. The quantitative estimate of drug-likeness (QED) is 0.353. The van der Waals surface area contributed by atoms with Crippen LogP contribution >= 0.6 is 11.3 Å². The number of anilines is 1. The number of nitrogens with zero attached hydrogens (tertiary/aromatic N) is 3. The summed E-state index contributed by atoms with van der Waals surface area (Å²) in [6.07, 6.45) is 1.20. The molecule has 0 unspecified atom stereocenters. The Bertz CT molecular complexity index is 1790. The maximum Gasteiger partial charge on any atom is 0.338 e. The third kappa shape index (κ3) is 5.04. The lowest BCUT2D eigenvalue weighted by Crippen LogP contribution is -2.41. The molecule has 0 bridgehead atoms. The van der Waals surface area contributed by atoms with Gasteiger partial charge in [-0.2, -0.15) is 0 Å². The molecule has 3 aromatic rings. The third-order valence-corrected chi connectivity index (χ3v) is 8.07. The van der Waals surface area contributed by atoms with Crippen LogP contribution in [0.15, 0.2) is 69.6 Å². The van der Waals surface area contributed by atoms with Crippen LogP contribution in [-0.2, 0) is 23.9 Å². The Hall–Kier alpha value is -4.51. The van der Waals surface area contributed by atoms with Crippen molar-refractivity contribution in [2.45, 2.75) is 39.7 Å². The van der Waals surface area contributed by atoms with Gasteiger partial charge in [-0.1, -0.05) is 55.0 Å². The van der Waals surface area contributed by atoms with Crippen LogP contribution in [0.3, 0.4) is 0 Å². The first-order valence-corrected chi connectivity index (χ1v) is 14.6. The minimum atomic E-state index is -0.853. The van der Waals surface area contributed by atoms with Gasteiger partial charge in [-0.05, 0) is 44.0 Å². The van der Waals surface area contributed by atoms with Gasteiger partial charge < -0.3 is 14.2 Å². The Morgan fingerprint density at radius 2 is 1.76 bits per heavy atom. The Balaban J connectivity index is 1.79. The number of methoxy groups -OCH3 is 1. The van der Waals surface area contributed by atoms with E-state index in [-0.39, 0.29) is 35.4 Å². The number of esters is 2. The number of para-hydroxylation sites is 1. The van der Waals surface area contributed by atoms with Crippen molar-refractivity contribution in [2.24, 2.45) is 4.99 Å². The molecule has 0 spiro atoms. The van der Waals surface area contributed by atoms with Crippen molar-refractivity contribution >= 4 is 40.4 Å². The molecule has 11 heteroatoms. The van der Waals surface area contributed by atoms with E-state index in [1.54, 1.807) is 63.4 Å². The summed E-state index contributed by atoms with van der Waals surface area (Å²) in [6.45, 7) is 5.45. The van der Waals surface area contributed by atoms with Crippen LogP contribution in [0.1, 0.15) is 50.8 Å². The van der Waals surface area contributed by atoms with E-state index in [1.165, 1.54) is 9.47 Å². The Kier molecular flexibility index (Phi) is 8.39. The van der Waals surface area contributed by atoms with Crippen LogP contribution in [0.2, 0.25) is 0 Å². The summed E-state index contributed by atoms with van der Waals surface area (Å²) >= 11 is 1.09. The molecule has 2 aliphatic rings. The lowest BCUT2D eigenvalue weighted by molar-refractivity contribution is -0.142. The second-order valence-electron chi connectivity index (χ2n) is 9.60. The van der Waals surface area contributed by atoms with Crippen molar-refractivity contribution < 1.29 is 28.6 Å². The minimum Gasteiger partial charge on any atom is -0.497 e. The van der Waals surface area contributed by atoms with E-state index in [2.05, 4.69) is 0 Å². The molecule has 0 aliphatic carbocycles. The number of hydrogen-bond donors (Lipinski definition) is 0. The number of ether oxygens (including phenoxy) is 3. The van der Waals surface area contributed by atoms with Crippen LogP contribution in [0.4, 0.5) is 5.69 Å². The molecule has 3 heterocycles. The van der Waals surface area contributed by atoms with Crippen LogP contribution in [0, 0.1) is 0 Å². The Morgan fingerprint density at radius 3 is 2.48 bits per heavy atom. The molecule has 1 amide bonds. The molecule has 1 aromatic heterocycles. The first kappa shape index (κ1) is 29.0. The first-order chi connectivity index (χ1) is 20.3. The molecule has 2 aromatic carbocycles. The normalized spacial score (nSPS) is 17.0. The maximum atomic E-state index is 14.3. The number of carbonyl (C=O) groups excluding carboxylic acids is 3. The third-order valence-electron chi connectivity index (χ3n) is 7.02. The zero-order chi connectivity index (χ0) is 30.0. The second-order valence-corrected chi connectivity index (χ2v) is 10.6. The van der Waals surface area contributed by atoms with Gasteiger partial charge in [-0.25, -0.2) is 9.79 Å². The van der Waals surface area contributed by atoms with Gasteiger partial charge in [0.25, 0.3) is 11.5 Å². The van der Waals surface area contributed by atoms with E-state index in [0.717, 1.165) is 11.3 Å². The van der Waals surface area contributed by atoms with Crippen molar-refractivity contribution in [3.63, 3.8) is 0 Å². The fourth-order valence-electron chi connectivity index (χ4n) is 5.29. The smallest absolute Gasteiger partial charge is 0.338 e. The largest absolute Gasteiger partial charge is 0.497 e. The molecule has 0 N–H and O–H groups in total. The van der Waals surface area contributed by atoms with Crippen molar-refractivity contribution in [1.29, 1.82) is 0 Å². The monoisotopic (exact) mass is 589 g/mol. The molecule has 218 valence electrons. The van der Waals surface area contributed by atoms with Gasteiger partial charge in [0.05, 0.1) is 48.9 Å². The van der Waals surface area contributed by atoms with Gasteiger partial charge in [0.1, 0.15) is 16.8 Å². The zero-order valence-electron chi connectivity index (χ0n) is 23.8. The summed E-state index contributed by atoms with van der Waals surface area (Å²) in [5.74, 6) is -1.03. The fourth-order valence-corrected chi connectivity index (χ4v) is 6.40.